The van der Waals surface area contributed by atoms with Crippen LogP contribution in [0.3, 0.4) is 0 Å². The van der Waals surface area contributed by atoms with Crippen LogP contribution in [-0.4, -0.2) is 34.3 Å². The number of rotatable bonds is 5. The van der Waals surface area contributed by atoms with E-state index < -0.39 is 6.04 Å². The molecule has 1 fully saturated rings. The predicted molar refractivity (Wildman–Crippen MR) is 93.9 cm³/mol. The van der Waals surface area contributed by atoms with Gasteiger partial charge in [0.25, 0.3) is 0 Å². The third kappa shape index (κ3) is 4.59. The van der Waals surface area contributed by atoms with Crippen molar-refractivity contribution in [2.45, 2.75) is 38.4 Å². The van der Waals surface area contributed by atoms with Gasteiger partial charge in [-0.25, -0.2) is 4.79 Å². The average molecular weight is 341 g/mol. The van der Waals surface area contributed by atoms with Gasteiger partial charge in [0, 0.05) is 18.3 Å². The third-order valence-electron chi connectivity index (χ3n) is 4.28. The van der Waals surface area contributed by atoms with Gasteiger partial charge in [0.05, 0.1) is 18.8 Å². The highest BCUT2D eigenvalue weighted by atomic mass is 16.2. The Bertz CT molecular complexity index is 728. The first-order valence-electron chi connectivity index (χ1n) is 8.53. The molecular weight excluding hydrogens is 318 g/mol. The van der Waals surface area contributed by atoms with E-state index >= 15 is 0 Å². The molecule has 7 heteroatoms. The summed E-state index contributed by atoms with van der Waals surface area (Å²) in [4.78, 5) is 23.8. The lowest BCUT2D eigenvalue weighted by Gasteiger charge is -2.23. The van der Waals surface area contributed by atoms with Gasteiger partial charge >= 0.3 is 6.03 Å². The lowest BCUT2D eigenvalue weighted by molar-refractivity contribution is -0.124. The average Bonchev–Trinajstić information content (AvgIpc) is 3.06. The van der Waals surface area contributed by atoms with E-state index in [1.807, 2.05) is 48.1 Å². The molecule has 1 aromatic carbocycles. The molecule has 0 aliphatic carbocycles. The lowest BCUT2D eigenvalue weighted by Crippen LogP contribution is -2.52. The van der Waals surface area contributed by atoms with Gasteiger partial charge in [-0.1, -0.05) is 30.3 Å². The van der Waals surface area contributed by atoms with Crippen molar-refractivity contribution < 1.29 is 9.59 Å². The smallest absolute Gasteiger partial charge is 0.315 e. The van der Waals surface area contributed by atoms with Crippen molar-refractivity contribution in [3.8, 4) is 0 Å². The van der Waals surface area contributed by atoms with Crippen LogP contribution in [0.15, 0.2) is 42.7 Å². The first-order chi connectivity index (χ1) is 12.1. The number of hydrogen-bond donors (Lipinski definition) is 3. The minimum atomic E-state index is -0.457. The number of benzene rings is 1. The monoisotopic (exact) mass is 341 g/mol. The molecular formula is C18H23N5O2. The molecule has 1 saturated heterocycles. The second kappa shape index (κ2) is 7.83. The van der Waals surface area contributed by atoms with E-state index in [9.17, 15) is 9.59 Å². The van der Waals surface area contributed by atoms with Crippen molar-refractivity contribution in [3.63, 3.8) is 0 Å². The van der Waals surface area contributed by atoms with E-state index in [2.05, 4.69) is 21.0 Å². The Morgan fingerprint density at radius 1 is 1.40 bits per heavy atom. The van der Waals surface area contributed by atoms with Crippen LogP contribution in [0.5, 0.6) is 0 Å². The summed E-state index contributed by atoms with van der Waals surface area (Å²) in [6.45, 7) is 3.25. The Morgan fingerprint density at radius 2 is 2.20 bits per heavy atom. The number of amides is 3. The molecule has 3 amide bonds. The van der Waals surface area contributed by atoms with Crippen molar-refractivity contribution in [1.82, 2.24) is 25.7 Å². The summed E-state index contributed by atoms with van der Waals surface area (Å²) in [5, 5.41) is 12.7. The summed E-state index contributed by atoms with van der Waals surface area (Å²) in [5.41, 5.74) is 2.08. The van der Waals surface area contributed by atoms with Gasteiger partial charge in [-0.3, -0.25) is 9.48 Å². The van der Waals surface area contributed by atoms with Gasteiger partial charge in [-0.15, -0.1) is 0 Å². The number of carbonyl (C=O) groups is 2. The van der Waals surface area contributed by atoms with Gasteiger partial charge in [-0.2, -0.15) is 5.10 Å². The molecule has 25 heavy (non-hydrogen) atoms. The zero-order valence-corrected chi connectivity index (χ0v) is 14.2. The summed E-state index contributed by atoms with van der Waals surface area (Å²) in [5.74, 6) is -0.121. The van der Waals surface area contributed by atoms with Crippen LogP contribution in [-0.2, 0) is 11.3 Å². The minimum Gasteiger partial charge on any atom is -0.354 e. The quantitative estimate of drug-likeness (QED) is 0.771. The number of nitrogens with zero attached hydrogens (tertiary/aromatic N) is 2. The standard InChI is InChI=1S/C18H23N5O2/c1-13(21-18(25)22-16-8-5-9-19-17(16)24)15-10-20-23(12-15)11-14-6-3-2-4-7-14/h2-4,6-7,10,12-13,16H,5,8-9,11H2,1H3,(H,19,24)(H2,21,22,25)/t13-,16-/m1/s1. The van der Waals surface area contributed by atoms with Crippen molar-refractivity contribution in [3.05, 3.63) is 53.9 Å². The van der Waals surface area contributed by atoms with E-state index in [-0.39, 0.29) is 18.0 Å². The van der Waals surface area contributed by atoms with E-state index in [0.29, 0.717) is 19.5 Å². The van der Waals surface area contributed by atoms with Gasteiger partial charge in [0.15, 0.2) is 0 Å². The van der Waals surface area contributed by atoms with Crippen LogP contribution in [0, 0.1) is 0 Å². The number of urea groups is 1. The lowest BCUT2D eigenvalue weighted by atomic mass is 10.1. The number of carbonyl (C=O) groups excluding carboxylic acids is 2. The first kappa shape index (κ1) is 17.0. The topological polar surface area (TPSA) is 88.1 Å². The van der Waals surface area contributed by atoms with Crippen LogP contribution < -0.4 is 16.0 Å². The third-order valence-corrected chi connectivity index (χ3v) is 4.28. The van der Waals surface area contributed by atoms with E-state index in [1.54, 1.807) is 6.20 Å². The number of aromatic nitrogens is 2. The normalized spacial score (nSPS) is 18.3. The molecule has 1 aromatic heterocycles. The van der Waals surface area contributed by atoms with E-state index in [1.165, 1.54) is 5.56 Å². The van der Waals surface area contributed by atoms with Crippen molar-refractivity contribution >= 4 is 11.9 Å². The van der Waals surface area contributed by atoms with Gasteiger partial charge in [0.1, 0.15) is 6.04 Å². The van der Waals surface area contributed by atoms with Gasteiger partial charge < -0.3 is 16.0 Å². The van der Waals surface area contributed by atoms with Crippen LogP contribution in [0.2, 0.25) is 0 Å². The Kier molecular flexibility index (Phi) is 5.33. The molecule has 1 aliphatic rings. The van der Waals surface area contributed by atoms with Crippen LogP contribution in [0.25, 0.3) is 0 Å². The summed E-state index contributed by atoms with van der Waals surface area (Å²) in [6.07, 6.45) is 5.22. The maximum atomic E-state index is 12.1. The molecule has 0 spiro atoms. The number of nitrogens with one attached hydrogen (secondary N) is 3. The molecule has 0 bridgehead atoms. The minimum absolute atomic E-state index is 0.121. The molecule has 1 aliphatic heterocycles. The van der Waals surface area contributed by atoms with Crippen LogP contribution in [0.1, 0.15) is 36.9 Å². The molecule has 0 unspecified atom stereocenters. The fraction of sp³-hybridized carbons (Fsp3) is 0.389. The molecule has 0 saturated carbocycles. The maximum Gasteiger partial charge on any atom is 0.315 e. The van der Waals surface area contributed by atoms with Crippen molar-refractivity contribution in [2.24, 2.45) is 0 Å². The van der Waals surface area contributed by atoms with Crippen LogP contribution >= 0.6 is 0 Å². The second-order valence-corrected chi connectivity index (χ2v) is 6.28. The number of piperidine rings is 1. The largest absolute Gasteiger partial charge is 0.354 e. The fourth-order valence-electron chi connectivity index (χ4n) is 2.85. The maximum absolute atomic E-state index is 12.1. The SMILES string of the molecule is C[C@@H](NC(=O)N[C@@H]1CCCNC1=O)c1cnn(Cc2ccccc2)c1. The first-order valence-corrected chi connectivity index (χ1v) is 8.53. The Balaban J connectivity index is 1.53. The summed E-state index contributed by atoms with van der Waals surface area (Å²) in [7, 11) is 0. The van der Waals surface area contributed by atoms with Crippen LogP contribution in [0.4, 0.5) is 4.79 Å². The molecule has 3 rings (SSSR count). The Labute approximate surface area is 146 Å². The summed E-state index contributed by atoms with van der Waals surface area (Å²) in [6, 6.07) is 9.07. The molecule has 0 radical (unpaired) electrons. The predicted octanol–water partition coefficient (Wildman–Crippen LogP) is 1.57. The highest BCUT2D eigenvalue weighted by Gasteiger charge is 2.24. The second-order valence-electron chi connectivity index (χ2n) is 6.28. The van der Waals surface area contributed by atoms with E-state index in [0.717, 1.165) is 12.0 Å². The molecule has 2 atom stereocenters. The summed E-state index contributed by atoms with van der Waals surface area (Å²) < 4.78 is 1.84. The zero-order valence-electron chi connectivity index (χ0n) is 14.2. The van der Waals surface area contributed by atoms with E-state index in [4.69, 9.17) is 0 Å². The molecule has 3 N–H and O–H groups in total. The molecule has 132 valence electrons. The van der Waals surface area contributed by atoms with Gasteiger partial charge in [0.2, 0.25) is 5.91 Å². The molecule has 2 aromatic rings. The highest BCUT2D eigenvalue weighted by Crippen LogP contribution is 2.12. The zero-order chi connectivity index (χ0) is 17.6. The van der Waals surface area contributed by atoms with Crippen molar-refractivity contribution in [2.75, 3.05) is 6.54 Å². The molecule has 7 nitrogen and oxygen atoms in total. The Morgan fingerprint density at radius 3 is 2.96 bits per heavy atom. The molecule has 2 heterocycles. The summed E-state index contributed by atoms with van der Waals surface area (Å²) >= 11 is 0. The van der Waals surface area contributed by atoms with Gasteiger partial charge in [-0.05, 0) is 25.3 Å². The number of hydrogen-bond acceptors (Lipinski definition) is 3. The Hall–Kier alpha value is -2.83. The highest BCUT2D eigenvalue weighted by molar-refractivity contribution is 5.87. The fourth-order valence-corrected chi connectivity index (χ4v) is 2.85. The van der Waals surface area contributed by atoms with Crippen molar-refractivity contribution in [1.29, 1.82) is 0 Å².